The summed E-state index contributed by atoms with van der Waals surface area (Å²) in [6.07, 6.45) is 13.7. The fraction of sp³-hybridized carbons (Fsp3) is 1.00. The van der Waals surface area contributed by atoms with Gasteiger partial charge in [-0.2, -0.15) is 0 Å². The Morgan fingerprint density at radius 3 is 1.29 bits per heavy atom. The number of rotatable bonds is 12. The van der Waals surface area contributed by atoms with Gasteiger partial charge in [0.25, 0.3) is 0 Å². The van der Waals surface area contributed by atoms with Gasteiger partial charge in [-0.1, -0.05) is 58.8 Å². The summed E-state index contributed by atoms with van der Waals surface area (Å²) >= 11 is 0. The third kappa shape index (κ3) is 12.2. The maximum Gasteiger partial charge on any atom is 0.00388 e. The maximum absolute atomic E-state index is 6.08. The highest BCUT2D eigenvalue weighted by atomic mass is 14.6. The van der Waals surface area contributed by atoms with Gasteiger partial charge in [0, 0.05) is 12.1 Å². The van der Waals surface area contributed by atoms with Crippen LogP contribution in [0.5, 0.6) is 0 Å². The molecular weight excluding hydrogens is 208 g/mol. The molecule has 0 aliphatic rings. The third-order valence-electron chi connectivity index (χ3n) is 3.51. The molecule has 0 heterocycles. The molecular formula is C15H34N2. The smallest absolute Gasteiger partial charge is 0.00388 e. The number of unbranched alkanes of at least 4 members (excludes halogenated alkanes) is 4. The first-order chi connectivity index (χ1) is 8.20. The lowest BCUT2D eigenvalue weighted by atomic mass is 9.99. The van der Waals surface area contributed by atoms with Crippen molar-refractivity contribution in [2.45, 2.75) is 96.6 Å². The van der Waals surface area contributed by atoms with Gasteiger partial charge in [-0.3, -0.25) is 0 Å². The van der Waals surface area contributed by atoms with E-state index in [1.807, 2.05) is 0 Å². The van der Waals surface area contributed by atoms with Crippen LogP contribution in [0, 0.1) is 0 Å². The summed E-state index contributed by atoms with van der Waals surface area (Å²) in [5, 5.41) is 0. The molecule has 0 aromatic rings. The van der Waals surface area contributed by atoms with Crippen LogP contribution in [0.1, 0.15) is 84.5 Å². The van der Waals surface area contributed by atoms with Crippen LogP contribution in [-0.2, 0) is 0 Å². The van der Waals surface area contributed by atoms with Crippen LogP contribution in [0.2, 0.25) is 0 Å². The fourth-order valence-electron chi connectivity index (χ4n) is 2.24. The Morgan fingerprint density at radius 2 is 0.941 bits per heavy atom. The van der Waals surface area contributed by atoms with Crippen LogP contribution in [0.15, 0.2) is 0 Å². The largest absolute Gasteiger partial charge is 0.328 e. The van der Waals surface area contributed by atoms with Crippen molar-refractivity contribution in [3.05, 3.63) is 0 Å². The van der Waals surface area contributed by atoms with Gasteiger partial charge < -0.3 is 11.5 Å². The summed E-state index contributed by atoms with van der Waals surface area (Å²) in [5.41, 5.74) is 12.2. The molecule has 0 saturated carbocycles. The van der Waals surface area contributed by atoms with Crippen molar-refractivity contribution in [2.75, 3.05) is 0 Å². The second-order valence-electron chi connectivity index (χ2n) is 5.44. The highest BCUT2D eigenvalue weighted by Gasteiger charge is 2.05. The van der Waals surface area contributed by atoms with Crippen LogP contribution in [0.3, 0.4) is 0 Å². The normalized spacial score (nSPS) is 14.8. The van der Waals surface area contributed by atoms with Crippen LogP contribution in [-0.4, -0.2) is 12.1 Å². The number of hydrogen-bond donors (Lipinski definition) is 2. The zero-order valence-electron chi connectivity index (χ0n) is 12.1. The highest BCUT2D eigenvalue weighted by molar-refractivity contribution is 4.66. The molecule has 17 heavy (non-hydrogen) atoms. The van der Waals surface area contributed by atoms with Crippen LogP contribution in [0.25, 0.3) is 0 Å². The van der Waals surface area contributed by atoms with E-state index in [2.05, 4.69) is 13.8 Å². The zero-order valence-corrected chi connectivity index (χ0v) is 12.1. The molecule has 0 spiro atoms. The predicted octanol–water partition coefficient (Wildman–Crippen LogP) is 3.97. The zero-order chi connectivity index (χ0) is 12.9. The molecule has 4 N–H and O–H groups in total. The predicted molar refractivity (Wildman–Crippen MR) is 78.1 cm³/mol. The van der Waals surface area contributed by atoms with Crippen molar-refractivity contribution in [1.82, 2.24) is 0 Å². The third-order valence-corrected chi connectivity index (χ3v) is 3.51. The van der Waals surface area contributed by atoms with E-state index >= 15 is 0 Å². The lowest BCUT2D eigenvalue weighted by Crippen LogP contribution is -2.23. The Morgan fingerprint density at radius 1 is 0.588 bits per heavy atom. The lowest BCUT2D eigenvalue weighted by Gasteiger charge is -2.14. The van der Waals surface area contributed by atoms with E-state index in [1.165, 1.54) is 57.8 Å². The van der Waals surface area contributed by atoms with E-state index < -0.39 is 0 Å². The Hall–Kier alpha value is -0.0800. The average Bonchev–Trinajstić information content (AvgIpc) is 2.30. The minimum absolute atomic E-state index is 0.407. The van der Waals surface area contributed by atoms with Gasteiger partial charge in [-0.05, 0) is 25.7 Å². The molecule has 0 fully saturated rings. The Balaban J connectivity index is 3.29. The van der Waals surface area contributed by atoms with E-state index in [1.54, 1.807) is 0 Å². The van der Waals surface area contributed by atoms with Gasteiger partial charge in [0.2, 0.25) is 0 Å². The first kappa shape index (κ1) is 16.9. The van der Waals surface area contributed by atoms with Gasteiger partial charge in [-0.25, -0.2) is 0 Å². The number of nitrogens with two attached hydrogens (primary N) is 2. The van der Waals surface area contributed by atoms with E-state index in [0.29, 0.717) is 12.1 Å². The Labute approximate surface area is 109 Å². The summed E-state index contributed by atoms with van der Waals surface area (Å²) < 4.78 is 0. The molecule has 0 aromatic carbocycles. The number of hydrogen-bond acceptors (Lipinski definition) is 2. The van der Waals surface area contributed by atoms with Crippen molar-refractivity contribution in [3.63, 3.8) is 0 Å². The van der Waals surface area contributed by atoms with Gasteiger partial charge in [-0.15, -0.1) is 0 Å². The molecule has 2 unspecified atom stereocenters. The average molecular weight is 242 g/mol. The van der Waals surface area contributed by atoms with Crippen molar-refractivity contribution < 1.29 is 0 Å². The maximum atomic E-state index is 6.08. The van der Waals surface area contributed by atoms with Gasteiger partial charge >= 0.3 is 0 Å². The van der Waals surface area contributed by atoms with Gasteiger partial charge in [0.1, 0.15) is 0 Å². The first-order valence-corrected chi connectivity index (χ1v) is 7.71. The van der Waals surface area contributed by atoms with E-state index in [-0.39, 0.29) is 0 Å². The summed E-state index contributed by atoms with van der Waals surface area (Å²) in [7, 11) is 0. The molecule has 2 nitrogen and oxygen atoms in total. The van der Waals surface area contributed by atoms with Crippen LogP contribution >= 0.6 is 0 Å². The minimum Gasteiger partial charge on any atom is -0.328 e. The molecule has 0 aromatic heterocycles. The van der Waals surface area contributed by atoms with E-state index in [4.69, 9.17) is 11.5 Å². The second kappa shape index (κ2) is 12.4. The molecule has 0 amide bonds. The summed E-state index contributed by atoms with van der Waals surface area (Å²) in [5.74, 6) is 0. The monoisotopic (exact) mass is 242 g/mol. The molecule has 2 atom stereocenters. The quantitative estimate of drug-likeness (QED) is 0.509. The lowest BCUT2D eigenvalue weighted by molar-refractivity contribution is 0.462. The molecule has 0 saturated heterocycles. The SMILES string of the molecule is CCCCCC(N)CCCC(N)CCCCC. The highest BCUT2D eigenvalue weighted by Crippen LogP contribution is 2.11. The Kier molecular flexibility index (Phi) is 12.3. The van der Waals surface area contributed by atoms with Crippen molar-refractivity contribution in [3.8, 4) is 0 Å². The topological polar surface area (TPSA) is 52.0 Å². The van der Waals surface area contributed by atoms with Crippen LogP contribution in [0.4, 0.5) is 0 Å². The minimum atomic E-state index is 0.407. The molecule has 2 heteroatoms. The Bertz CT molecular complexity index is 132. The summed E-state index contributed by atoms with van der Waals surface area (Å²) in [6, 6.07) is 0.814. The van der Waals surface area contributed by atoms with Gasteiger partial charge in [0.05, 0.1) is 0 Å². The summed E-state index contributed by atoms with van der Waals surface area (Å²) in [4.78, 5) is 0. The molecule has 0 aliphatic heterocycles. The standard InChI is InChI=1S/C15H34N2/c1-3-5-7-10-14(16)12-9-13-15(17)11-8-6-4-2/h14-15H,3-13,16-17H2,1-2H3. The fourth-order valence-corrected chi connectivity index (χ4v) is 2.24. The first-order valence-electron chi connectivity index (χ1n) is 7.71. The molecule has 104 valence electrons. The molecule has 0 aliphatic carbocycles. The van der Waals surface area contributed by atoms with Gasteiger partial charge in [0.15, 0.2) is 0 Å². The summed E-state index contributed by atoms with van der Waals surface area (Å²) in [6.45, 7) is 4.47. The van der Waals surface area contributed by atoms with Crippen molar-refractivity contribution >= 4 is 0 Å². The molecule has 0 bridgehead atoms. The second-order valence-corrected chi connectivity index (χ2v) is 5.44. The van der Waals surface area contributed by atoms with Crippen LogP contribution < -0.4 is 11.5 Å². The molecule has 0 radical (unpaired) electrons. The molecule has 0 rings (SSSR count). The van der Waals surface area contributed by atoms with E-state index in [0.717, 1.165) is 12.8 Å². The van der Waals surface area contributed by atoms with Crippen molar-refractivity contribution in [2.24, 2.45) is 11.5 Å². The van der Waals surface area contributed by atoms with E-state index in [9.17, 15) is 0 Å². The van der Waals surface area contributed by atoms with Crippen molar-refractivity contribution in [1.29, 1.82) is 0 Å².